The maximum absolute atomic E-state index is 8.83. The minimum Gasteiger partial charge on any atom is -0.395 e. The minimum atomic E-state index is 0.128. The van der Waals surface area contributed by atoms with E-state index in [0.717, 1.165) is 22.4 Å². The highest BCUT2D eigenvalue weighted by atomic mass is 35.5. The smallest absolute Gasteiger partial charge is 0.0665 e. The van der Waals surface area contributed by atoms with Crippen LogP contribution in [0.25, 0.3) is 23.3 Å². The zero-order valence-corrected chi connectivity index (χ0v) is 16.1. The summed E-state index contributed by atoms with van der Waals surface area (Å²) in [6.07, 6.45) is 5.84. The lowest BCUT2D eigenvalue weighted by molar-refractivity contribution is 0.292. The van der Waals surface area contributed by atoms with E-state index in [0.29, 0.717) is 18.1 Å². The van der Waals surface area contributed by atoms with Gasteiger partial charge in [-0.05, 0) is 52.9 Å². The highest BCUT2D eigenvalue weighted by Gasteiger charge is 2.06. The van der Waals surface area contributed by atoms with E-state index in [-0.39, 0.29) is 6.61 Å². The molecule has 138 valence electrons. The molecule has 0 atom stereocenters. The summed E-state index contributed by atoms with van der Waals surface area (Å²) in [7, 11) is 0. The number of aliphatic hydroxyl groups is 1. The molecule has 27 heavy (non-hydrogen) atoms. The number of hydrogen-bond acceptors (Lipinski definition) is 3. The van der Waals surface area contributed by atoms with Crippen LogP contribution in [-0.2, 0) is 6.54 Å². The molecule has 0 unspecified atom stereocenters. The Morgan fingerprint density at radius 3 is 2.63 bits per heavy atom. The molecular weight excluding hydrogens is 356 g/mol. The van der Waals surface area contributed by atoms with Gasteiger partial charge in [0.2, 0.25) is 0 Å². The van der Waals surface area contributed by atoms with Gasteiger partial charge in [-0.1, -0.05) is 60.1 Å². The summed E-state index contributed by atoms with van der Waals surface area (Å²) in [5.41, 5.74) is 6.48. The SMILES string of the molecule is Cc1c(-c2ccccc2)ccnc1/C=C/c1ccc(CNCCO)cc1Cl. The van der Waals surface area contributed by atoms with E-state index >= 15 is 0 Å². The van der Waals surface area contributed by atoms with Crippen molar-refractivity contribution in [1.29, 1.82) is 0 Å². The topological polar surface area (TPSA) is 45.2 Å². The highest BCUT2D eigenvalue weighted by molar-refractivity contribution is 6.32. The molecule has 1 heterocycles. The average molecular weight is 379 g/mol. The monoisotopic (exact) mass is 378 g/mol. The van der Waals surface area contributed by atoms with Crippen molar-refractivity contribution in [3.8, 4) is 11.1 Å². The first-order valence-corrected chi connectivity index (χ1v) is 9.36. The van der Waals surface area contributed by atoms with E-state index in [4.69, 9.17) is 16.7 Å². The Kier molecular flexibility index (Phi) is 6.77. The quantitative estimate of drug-likeness (QED) is 0.571. The molecule has 4 heteroatoms. The Bertz CT molecular complexity index is 923. The van der Waals surface area contributed by atoms with E-state index in [1.165, 1.54) is 11.1 Å². The molecule has 0 bridgehead atoms. The van der Waals surface area contributed by atoms with Crippen molar-refractivity contribution in [2.45, 2.75) is 13.5 Å². The van der Waals surface area contributed by atoms with Gasteiger partial charge in [0.25, 0.3) is 0 Å². The molecular formula is C23H23ClN2O. The molecule has 1 aromatic heterocycles. The van der Waals surface area contributed by atoms with Gasteiger partial charge in [0.1, 0.15) is 0 Å². The second-order valence-corrected chi connectivity index (χ2v) is 6.73. The average Bonchev–Trinajstić information content (AvgIpc) is 2.69. The van der Waals surface area contributed by atoms with Gasteiger partial charge >= 0.3 is 0 Å². The normalized spacial score (nSPS) is 11.2. The third kappa shape index (κ3) is 5.04. The third-order valence-corrected chi connectivity index (χ3v) is 4.76. The van der Waals surface area contributed by atoms with E-state index < -0.39 is 0 Å². The number of aliphatic hydroxyl groups excluding tert-OH is 1. The van der Waals surface area contributed by atoms with Gasteiger partial charge in [0.05, 0.1) is 12.3 Å². The van der Waals surface area contributed by atoms with E-state index in [9.17, 15) is 0 Å². The summed E-state index contributed by atoms with van der Waals surface area (Å²) >= 11 is 6.43. The number of halogens is 1. The molecule has 0 amide bonds. The number of aromatic nitrogens is 1. The second-order valence-electron chi connectivity index (χ2n) is 6.32. The first-order valence-electron chi connectivity index (χ1n) is 8.98. The largest absolute Gasteiger partial charge is 0.395 e. The first-order chi connectivity index (χ1) is 13.2. The van der Waals surface area contributed by atoms with Gasteiger partial charge in [-0.3, -0.25) is 4.98 Å². The molecule has 0 fully saturated rings. The van der Waals surface area contributed by atoms with Crippen molar-refractivity contribution in [2.75, 3.05) is 13.2 Å². The summed E-state index contributed by atoms with van der Waals surface area (Å²) in [6, 6.07) is 18.4. The molecule has 0 spiro atoms. The number of hydrogen-bond donors (Lipinski definition) is 2. The first kappa shape index (κ1) is 19.3. The van der Waals surface area contributed by atoms with Crippen LogP contribution in [-0.4, -0.2) is 23.2 Å². The molecule has 0 saturated heterocycles. The minimum absolute atomic E-state index is 0.128. The molecule has 0 aliphatic carbocycles. The maximum Gasteiger partial charge on any atom is 0.0665 e. The number of nitrogens with zero attached hydrogens (tertiary/aromatic N) is 1. The van der Waals surface area contributed by atoms with Crippen LogP contribution < -0.4 is 5.32 Å². The summed E-state index contributed by atoms with van der Waals surface area (Å²) in [5, 5.41) is 12.7. The number of pyridine rings is 1. The molecule has 3 aromatic rings. The highest BCUT2D eigenvalue weighted by Crippen LogP contribution is 2.26. The Morgan fingerprint density at radius 2 is 1.89 bits per heavy atom. The Morgan fingerprint density at radius 1 is 1.07 bits per heavy atom. The van der Waals surface area contributed by atoms with Crippen LogP contribution in [0.5, 0.6) is 0 Å². The van der Waals surface area contributed by atoms with Crippen molar-refractivity contribution >= 4 is 23.8 Å². The fourth-order valence-electron chi connectivity index (χ4n) is 2.95. The van der Waals surface area contributed by atoms with Crippen molar-refractivity contribution in [2.24, 2.45) is 0 Å². The van der Waals surface area contributed by atoms with Crippen LogP contribution in [0.2, 0.25) is 5.02 Å². The van der Waals surface area contributed by atoms with Gasteiger partial charge < -0.3 is 10.4 Å². The molecule has 3 nitrogen and oxygen atoms in total. The van der Waals surface area contributed by atoms with Crippen LogP contribution in [0.3, 0.4) is 0 Å². The standard InChI is InChI=1S/C23H23ClN2O/c1-17-21(19-5-3-2-4-6-19)11-12-26-23(17)10-9-20-8-7-18(15-22(20)24)16-25-13-14-27/h2-12,15,25,27H,13-14,16H2,1H3/b10-9+. The summed E-state index contributed by atoms with van der Waals surface area (Å²) in [4.78, 5) is 4.51. The molecule has 2 aromatic carbocycles. The second kappa shape index (κ2) is 9.47. The van der Waals surface area contributed by atoms with Crippen molar-refractivity contribution in [3.63, 3.8) is 0 Å². The van der Waals surface area contributed by atoms with Crippen LogP contribution in [0.1, 0.15) is 22.4 Å². The zero-order valence-electron chi connectivity index (χ0n) is 15.3. The fourth-order valence-corrected chi connectivity index (χ4v) is 3.21. The van der Waals surface area contributed by atoms with E-state index in [1.54, 1.807) is 0 Å². The summed E-state index contributed by atoms with van der Waals surface area (Å²) < 4.78 is 0. The Labute approximate surface area is 165 Å². The predicted molar refractivity (Wildman–Crippen MR) is 114 cm³/mol. The number of rotatable bonds is 7. The fraction of sp³-hybridized carbons (Fsp3) is 0.174. The van der Waals surface area contributed by atoms with Crippen LogP contribution in [0.15, 0.2) is 60.8 Å². The van der Waals surface area contributed by atoms with Gasteiger partial charge in [-0.2, -0.15) is 0 Å². The van der Waals surface area contributed by atoms with Crippen molar-refractivity contribution in [1.82, 2.24) is 10.3 Å². The molecule has 0 aliphatic heterocycles. The number of benzene rings is 2. The lowest BCUT2D eigenvalue weighted by Crippen LogP contribution is -2.17. The Hall–Kier alpha value is -2.46. The molecule has 0 radical (unpaired) electrons. The predicted octanol–water partition coefficient (Wildman–Crippen LogP) is 4.96. The number of nitrogens with one attached hydrogen (secondary N) is 1. The van der Waals surface area contributed by atoms with Gasteiger partial charge in [-0.25, -0.2) is 0 Å². The van der Waals surface area contributed by atoms with Gasteiger partial charge in [0.15, 0.2) is 0 Å². The lowest BCUT2D eigenvalue weighted by Gasteiger charge is -2.09. The van der Waals surface area contributed by atoms with Crippen molar-refractivity contribution in [3.05, 3.63) is 88.2 Å². The maximum atomic E-state index is 8.83. The summed E-state index contributed by atoms with van der Waals surface area (Å²) in [6.45, 7) is 3.47. The van der Waals surface area contributed by atoms with Crippen LogP contribution in [0, 0.1) is 6.92 Å². The van der Waals surface area contributed by atoms with Gasteiger partial charge in [-0.15, -0.1) is 0 Å². The van der Waals surface area contributed by atoms with Crippen molar-refractivity contribution < 1.29 is 5.11 Å². The lowest BCUT2D eigenvalue weighted by atomic mass is 10.00. The molecule has 0 saturated carbocycles. The Balaban J connectivity index is 1.80. The zero-order chi connectivity index (χ0) is 19.1. The molecule has 0 aliphatic rings. The third-order valence-electron chi connectivity index (χ3n) is 4.43. The summed E-state index contributed by atoms with van der Waals surface area (Å²) in [5.74, 6) is 0. The van der Waals surface area contributed by atoms with Gasteiger partial charge in [0, 0.05) is 24.3 Å². The van der Waals surface area contributed by atoms with Crippen LogP contribution >= 0.6 is 11.6 Å². The van der Waals surface area contributed by atoms with E-state index in [2.05, 4.69) is 29.4 Å². The molecule has 2 N–H and O–H groups in total. The molecule has 3 rings (SSSR count). The van der Waals surface area contributed by atoms with E-state index in [1.807, 2.05) is 60.8 Å². The van der Waals surface area contributed by atoms with Crippen LogP contribution in [0.4, 0.5) is 0 Å².